The quantitative estimate of drug-likeness (QED) is 0.605. The Balaban J connectivity index is 1.99. The monoisotopic (exact) mass is 423 g/mol. The van der Waals surface area contributed by atoms with E-state index in [2.05, 4.69) is 17.4 Å². The molecule has 2 rings (SSSR count). The number of benzene rings is 2. The number of sulfonamides is 1. The minimum Gasteiger partial charge on any atom is -0.494 e. The van der Waals surface area contributed by atoms with Crippen LogP contribution in [0.3, 0.4) is 0 Å². The van der Waals surface area contributed by atoms with Gasteiger partial charge in [0.05, 0.1) is 24.2 Å². The number of carbonyl (C=O) groups is 1. The summed E-state index contributed by atoms with van der Waals surface area (Å²) in [6.07, 6.45) is 1.03. The standard InChI is InChI=1S/C19H22ClN3O4S/c1-4-27-18-11-5-15(6-12-18)14(2)21-22-19(24)13-23(28(3,25)26)17-9-7-16(20)8-10-17/h5-12,21H,2,4,13H2,1,3H3,(H,22,24). The minimum atomic E-state index is -3.66. The zero-order chi connectivity index (χ0) is 20.7. The van der Waals surface area contributed by atoms with Crippen molar-refractivity contribution in [2.24, 2.45) is 0 Å². The molecule has 0 unspecified atom stereocenters. The molecule has 0 saturated heterocycles. The molecule has 1 amide bonds. The fourth-order valence-corrected chi connectivity index (χ4v) is 3.30. The Morgan fingerprint density at radius 2 is 1.71 bits per heavy atom. The van der Waals surface area contributed by atoms with Gasteiger partial charge in [-0.2, -0.15) is 0 Å². The third-order valence-electron chi connectivity index (χ3n) is 3.67. The Bertz CT molecular complexity index is 929. The normalized spacial score (nSPS) is 10.8. The van der Waals surface area contributed by atoms with E-state index in [4.69, 9.17) is 16.3 Å². The van der Waals surface area contributed by atoms with Crippen molar-refractivity contribution in [3.05, 3.63) is 65.7 Å². The van der Waals surface area contributed by atoms with Crippen LogP contribution in [0.2, 0.25) is 5.02 Å². The van der Waals surface area contributed by atoms with Gasteiger partial charge in [0.1, 0.15) is 12.3 Å². The van der Waals surface area contributed by atoms with Crippen molar-refractivity contribution < 1.29 is 17.9 Å². The number of carbonyl (C=O) groups excluding carboxylic acids is 1. The van der Waals surface area contributed by atoms with Gasteiger partial charge in [-0.3, -0.25) is 20.0 Å². The maximum Gasteiger partial charge on any atom is 0.259 e. The van der Waals surface area contributed by atoms with E-state index in [1.807, 2.05) is 6.92 Å². The summed E-state index contributed by atoms with van der Waals surface area (Å²) >= 11 is 5.83. The van der Waals surface area contributed by atoms with Gasteiger partial charge in [0.25, 0.3) is 5.91 Å². The number of nitrogens with one attached hydrogen (secondary N) is 2. The lowest BCUT2D eigenvalue weighted by atomic mass is 10.2. The topological polar surface area (TPSA) is 87.7 Å². The average molecular weight is 424 g/mol. The highest BCUT2D eigenvalue weighted by molar-refractivity contribution is 7.92. The van der Waals surface area contributed by atoms with Crippen LogP contribution in [0.1, 0.15) is 12.5 Å². The molecular formula is C19H22ClN3O4S. The first kappa shape index (κ1) is 21.6. The molecule has 0 bridgehead atoms. The van der Waals surface area contributed by atoms with Gasteiger partial charge in [-0.25, -0.2) is 8.42 Å². The van der Waals surface area contributed by atoms with Crippen LogP contribution in [0.25, 0.3) is 5.70 Å². The zero-order valence-electron chi connectivity index (χ0n) is 15.6. The molecule has 7 nitrogen and oxygen atoms in total. The van der Waals surface area contributed by atoms with Crippen LogP contribution in [0.5, 0.6) is 5.75 Å². The van der Waals surface area contributed by atoms with Crippen LogP contribution in [0.15, 0.2) is 55.1 Å². The highest BCUT2D eigenvalue weighted by Crippen LogP contribution is 2.20. The predicted molar refractivity (Wildman–Crippen MR) is 112 cm³/mol. The summed E-state index contributed by atoms with van der Waals surface area (Å²) in [6.45, 7) is 5.92. The van der Waals surface area contributed by atoms with Gasteiger partial charge < -0.3 is 4.74 Å². The van der Waals surface area contributed by atoms with Crippen LogP contribution in [0.4, 0.5) is 5.69 Å². The number of hydrazine groups is 1. The Labute approximate surface area is 170 Å². The lowest BCUT2D eigenvalue weighted by molar-refractivity contribution is -0.120. The van der Waals surface area contributed by atoms with E-state index in [9.17, 15) is 13.2 Å². The molecule has 0 radical (unpaired) electrons. The fraction of sp³-hybridized carbons (Fsp3) is 0.211. The van der Waals surface area contributed by atoms with E-state index in [-0.39, 0.29) is 0 Å². The molecule has 2 aromatic rings. The molecule has 0 heterocycles. The summed E-state index contributed by atoms with van der Waals surface area (Å²) in [7, 11) is -3.66. The first-order valence-electron chi connectivity index (χ1n) is 8.41. The van der Waals surface area contributed by atoms with Crippen LogP contribution >= 0.6 is 11.6 Å². The van der Waals surface area contributed by atoms with Gasteiger partial charge in [-0.1, -0.05) is 18.2 Å². The second-order valence-corrected chi connectivity index (χ2v) is 8.20. The summed E-state index contributed by atoms with van der Waals surface area (Å²) in [6, 6.07) is 13.3. The Morgan fingerprint density at radius 3 is 2.25 bits per heavy atom. The molecule has 0 fully saturated rings. The third kappa shape index (κ3) is 6.17. The number of ether oxygens (including phenoxy) is 1. The van der Waals surface area contributed by atoms with Crippen molar-refractivity contribution in [1.29, 1.82) is 0 Å². The second kappa shape index (κ2) is 9.48. The van der Waals surface area contributed by atoms with E-state index in [1.165, 1.54) is 12.1 Å². The van der Waals surface area contributed by atoms with Crippen molar-refractivity contribution in [3.63, 3.8) is 0 Å². The number of hydrogen-bond donors (Lipinski definition) is 2. The van der Waals surface area contributed by atoms with E-state index >= 15 is 0 Å². The molecule has 0 aliphatic heterocycles. The molecule has 28 heavy (non-hydrogen) atoms. The third-order valence-corrected chi connectivity index (χ3v) is 5.06. The van der Waals surface area contributed by atoms with Crippen molar-refractivity contribution in [3.8, 4) is 5.75 Å². The molecular weight excluding hydrogens is 402 g/mol. The van der Waals surface area contributed by atoms with Crippen LogP contribution < -0.4 is 19.9 Å². The van der Waals surface area contributed by atoms with Gasteiger partial charge in [-0.05, 0) is 61.0 Å². The fourth-order valence-electron chi connectivity index (χ4n) is 2.31. The van der Waals surface area contributed by atoms with E-state index < -0.39 is 22.5 Å². The molecule has 2 N–H and O–H groups in total. The van der Waals surface area contributed by atoms with Crippen molar-refractivity contribution in [2.45, 2.75) is 6.92 Å². The summed E-state index contributed by atoms with van der Waals surface area (Å²) in [5.41, 5.74) is 6.69. The maximum atomic E-state index is 12.2. The lowest BCUT2D eigenvalue weighted by Crippen LogP contribution is -2.44. The summed E-state index contributed by atoms with van der Waals surface area (Å²) in [4.78, 5) is 12.2. The Hall–Kier alpha value is -2.71. The molecule has 0 aromatic heterocycles. The largest absolute Gasteiger partial charge is 0.494 e. The van der Waals surface area contributed by atoms with Gasteiger partial charge in [0.15, 0.2) is 0 Å². The van der Waals surface area contributed by atoms with Gasteiger partial charge in [0.2, 0.25) is 10.0 Å². The molecule has 150 valence electrons. The Morgan fingerprint density at radius 1 is 1.11 bits per heavy atom. The van der Waals surface area contributed by atoms with E-state index in [0.29, 0.717) is 23.0 Å². The highest BCUT2D eigenvalue weighted by Gasteiger charge is 2.20. The SMILES string of the molecule is C=C(NNC(=O)CN(c1ccc(Cl)cc1)S(C)(=O)=O)c1ccc(OCC)cc1. The van der Waals surface area contributed by atoms with Crippen molar-refractivity contribution >= 4 is 38.9 Å². The van der Waals surface area contributed by atoms with Crippen LogP contribution in [-0.4, -0.2) is 33.7 Å². The first-order valence-corrected chi connectivity index (χ1v) is 10.6. The zero-order valence-corrected chi connectivity index (χ0v) is 17.2. The van der Waals surface area contributed by atoms with Gasteiger partial charge >= 0.3 is 0 Å². The van der Waals surface area contributed by atoms with E-state index in [1.54, 1.807) is 36.4 Å². The molecule has 0 aliphatic carbocycles. The van der Waals surface area contributed by atoms with Gasteiger partial charge in [-0.15, -0.1) is 0 Å². The molecule has 2 aromatic carbocycles. The summed E-state index contributed by atoms with van der Waals surface area (Å²) < 4.78 is 30.5. The minimum absolute atomic E-state index is 0.340. The van der Waals surface area contributed by atoms with Crippen molar-refractivity contribution in [2.75, 3.05) is 23.7 Å². The number of anilines is 1. The van der Waals surface area contributed by atoms with Crippen molar-refractivity contribution in [1.82, 2.24) is 10.9 Å². The first-order chi connectivity index (χ1) is 13.2. The van der Waals surface area contributed by atoms with Crippen LogP contribution in [-0.2, 0) is 14.8 Å². The molecule has 9 heteroatoms. The maximum absolute atomic E-state index is 12.2. The number of rotatable bonds is 9. The number of amides is 1. The van der Waals surface area contributed by atoms with Gasteiger partial charge in [0, 0.05) is 5.02 Å². The van der Waals surface area contributed by atoms with Crippen LogP contribution in [0, 0.1) is 0 Å². The number of halogens is 1. The number of nitrogens with zero attached hydrogens (tertiary/aromatic N) is 1. The van der Waals surface area contributed by atoms with E-state index in [0.717, 1.165) is 21.9 Å². The average Bonchev–Trinajstić information content (AvgIpc) is 2.65. The molecule has 0 saturated carbocycles. The smallest absolute Gasteiger partial charge is 0.259 e. The molecule has 0 atom stereocenters. The summed E-state index contributed by atoms with van der Waals surface area (Å²) in [5, 5.41) is 0.468. The second-order valence-electron chi connectivity index (χ2n) is 5.86. The summed E-state index contributed by atoms with van der Waals surface area (Å²) in [5.74, 6) is 0.183. The molecule has 0 spiro atoms. The number of hydrogen-bond acceptors (Lipinski definition) is 5. The highest BCUT2D eigenvalue weighted by atomic mass is 35.5. The predicted octanol–water partition coefficient (Wildman–Crippen LogP) is 2.80. The Kier molecular flexibility index (Phi) is 7.31. The lowest BCUT2D eigenvalue weighted by Gasteiger charge is -2.22. The molecule has 0 aliphatic rings.